The van der Waals surface area contributed by atoms with E-state index in [1.807, 2.05) is 0 Å². The summed E-state index contributed by atoms with van der Waals surface area (Å²) in [6.45, 7) is 3.62. The lowest BCUT2D eigenvalue weighted by atomic mass is 10.0. The van der Waals surface area contributed by atoms with Crippen LogP contribution in [0.1, 0.15) is 24.8 Å². The van der Waals surface area contributed by atoms with Crippen molar-refractivity contribution in [2.75, 3.05) is 33.4 Å². The lowest BCUT2D eigenvalue weighted by Gasteiger charge is -2.14. The number of unbranched alkanes of at least 4 members (excludes halogenated alkanes) is 1. The molecule has 1 aliphatic heterocycles. The molecule has 0 saturated heterocycles. The van der Waals surface area contributed by atoms with Gasteiger partial charge in [-0.1, -0.05) is 18.2 Å². The van der Waals surface area contributed by atoms with Gasteiger partial charge in [0, 0.05) is 20.3 Å². The van der Waals surface area contributed by atoms with E-state index in [4.69, 9.17) is 9.47 Å². The molecule has 0 spiro atoms. The predicted molar refractivity (Wildman–Crippen MR) is 78.5 cm³/mol. The van der Waals surface area contributed by atoms with Crippen LogP contribution >= 0.6 is 0 Å². The van der Waals surface area contributed by atoms with Crippen molar-refractivity contribution in [1.29, 1.82) is 0 Å². The third kappa shape index (κ3) is 4.69. The Kier molecular flexibility index (Phi) is 5.92. The van der Waals surface area contributed by atoms with Crippen LogP contribution in [0.15, 0.2) is 30.3 Å². The van der Waals surface area contributed by atoms with Crippen LogP contribution < -0.4 is 10.1 Å². The van der Waals surface area contributed by atoms with Crippen molar-refractivity contribution in [3.8, 4) is 5.75 Å². The van der Waals surface area contributed by atoms with Crippen LogP contribution in [0.2, 0.25) is 0 Å². The largest absolute Gasteiger partial charge is 0.494 e. The van der Waals surface area contributed by atoms with Gasteiger partial charge in [0.1, 0.15) is 5.75 Å². The van der Waals surface area contributed by atoms with Crippen LogP contribution in [0.3, 0.4) is 0 Å². The van der Waals surface area contributed by atoms with Crippen LogP contribution in [-0.2, 0) is 4.74 Å². The number of ether oxygens (including phenoxy) is 2. The van der Waals surface area contributed by atoms with E-state index in [-0.39, 0.29) is 0 Å². The van der Waals surface area contributed by atoms with E-state index < -0.39 is 0 Å². The van der Waals surface area contributed by atoms with Gasteiger partial charge in [-0.15, -0.1) is 0 Å². The average Bonchev–Trinajstić information content (AvgIpc) is 2.49. The lowest BCUT2D eigenvalue weighted by Crippen LogP contribution is -2.19. The molecule has 19 heavy (non-hydrogen) atoms. The molecule has 1 aromatic carbocycles. The third-order valence-electron chi connectivity index (χ3n) is 3.30. The smallest absolute Gasteiger partial charge is 0.119 e. The summed E-state index contributed by atoms with van der Waals surface area (Å²) in [5.41, 5.74) is 2.75. The van der Waals surface area contributed by atoms with Gasteiger partial charge in [0.2, 0.25) is 0 Å². The monoisotopic (exact) mass is 261 g/mol. The van der Waals surface area contributed by atoms with Gasteiger partial charge in [-0.2, -0.15) is 0 Å². The topological polar surface area (TPSA) is 30.5 Å². The Balaban J connectivity index is 1.79. The zero-order chi connectivity index (χ0) is 13.3. The van der Waals surface area contributed by atoms with Crippen molar-refractivity contribution < 1.29 is 9.47 Å². The van der Waals surface area contributed by atoms with E-state index in [0.717, 1.165) is 51.3 Å². The molecule has 1 aromatic rings. The Morgan fingerprint density at radius 1 is 1.11 bits per heavy atom. The minimum absolute atomic E-state index is 0.759. The Bertz CT molecular complexity index is 398. The van der Waals surface area contributed by atoms with Crippen molar-refractivity contribution >= 4 is 5.57 Å². The highest BCUT2D eigenvalue weighted by Gasteiger charge is 2.05. The Hall–Kier alpha value is -1.32. The Morgan fingerprint density at radius 2 is 1.89 bits per heavy atom. The summed E-state index contributed by atoms with van der Waals surface area (Å²) < 4.78 is 10.7. The third-order valence-corrected chi connectivity index (χ3v) is 3.30. The molecule has 3 nitrogen and oxygen atoms in total. The van der Waals surface area contributed by atoms with Crippen molar-refractivity contribution in [3.05, 3.63) is 35.9 Å². The van der Waals surface area contributed by atoms with Gasteiger partial charge in [0.15, 0.2) is 0 Å². The number of benzene rings is 1. The molecule has 0 saturated carbocycles. The van der Waals surface area contributed by atoms with Crippen molar-refractivity contribution in [3.63, 3.8) is 0 Å². The number of hydrogen-bond donors (Lipinski definition) is 1. The fourth-order valence-electron chi connectivity index (χ4n) is 2.19. The summed E-state index contributed by atoms with van der Waals surface area (Å²) in [7, 11) is 1.73. The molecule has 104 valence electrons. The van der Waals surface area contributed by atoms with E-state index >= 15 is 0 Å². The summed E-state index contributed by atoms with van der Waals surface area (Å²) in [4.78, 5) is 0. The molecule has 0 bridgehead atoms. The van der Waals surface area contributed by atoms with Crippen LogP contribution in [0.5, 0.6) is 5.75 Å². The minimum Gasteiger partial charge on any atom is -0.494 e. The number of rotatable bonds is 7. The average molecular weight is 261 g/mol. The second-order valence-electron chi connectivity index (χ2n) is 4.76. The van der Waals surface area contributed by atoms with Crippen LogP contribution in [0.4, 0.5) is 0 Å². The highest BCUT2D eigenvalue weighted by Crippen LogP contribution is 2.22. The van der Waals surface area contributed by atoms with Crippen molar-refractivity contribution in [2.24, 2.45) is 0 Å². The molecule has 0 radical (unpaired) electrons. The second kappa shape index (κ2) is 7.97. The molecule has 0 unspecified atom stereocenters. The zero-order valence-electron chi connectivity index (χ0n) is 11.7. The molecule has 3 heteroatoms. The standard InChI is InChI=1S/C16H23NO2/c1-18-12-2-3-13-19-16-6-4-14(5-7-16)15-8-10-17-11-9-15/h4-8,17H,2-3,9-13H2,1H3. The molecule has 1 aliphatic rings. The quantitative estimate of drug-likeness (QED) is 0.766. The maximum absolute atomic E-state index is 5.71. The number of methoxy groups -OCH3 is 1. The molecule has 1 N–H and O–H groups in total. The first-order valence-electron chi connectivity index (χ1n) is 7.02. The number of nitrogens with one attached hydrogen (secondary N) is 1. The molecule has 0 aromatic heterocycles. The van der Waals surface area contributed by atoms with Crippen molar-refractivity contribution in [1.82, 2.24) is 5.32 Å². The van der Waals surface area contributed by atoms with Crippen LogP contribution in [0.25, 0.3) is 5.57 Å². The summed E-state index contributed by atoms with van der Waals surface area (Å²) in [6, 6.07) is 8.44. The van der Waals surface area contributed by atoms with E-state index in [9.17, 15) is 0 Å². The fourth-order valence-corrected chi connectivity index (χ4v) is 2.19. The van der Waals surface area contributed by atoms with Crippen molar-refractivity contribution in [2.45, 2.75) is 19.3 Å². The first-order valence-corrected chi connectivity index (χ1v) is 7.02. The van der Waals surface area contributed by atoms with E-state index in [1.54, 1.807) is 7.11 Å². The van der Waals surface area contributed by atoms with Gasteiger partial charge in [0.25, 0.3) is 0 Å². The summed E-state index contributed by atoms with van der Waals surface area (Å²) in [5, 5.41) is 3.33. The molecular formula is C16H23NO2. The highest BCUT2D eigenvalue weighted by atomic mass is 16.5. The zero-order valence-corrected chi connectivity index (χ0v) is 11.7. The minimum atomic E-state index is 0.759. The summed E-state index contributed by atoms with van der Waals surface area (Å²) >= 11 is 0. The Morgan fingerprint density at radius 3 is 2.58 bits per heavy atom. The molecule has 1 heterocycles. The summed E-state index contributed by atoms with van der Waals surface area (Å²) in [6.07, 6.45) is 5.46. The molecular weight excluding hydrogens is 238 g/mol. The van der Waals surface area contributed by atoms with Gasteiger partial charge in [0.05, 0.1) is 6.61 Å². The predicted octanol–water partition coefficient (Wildman–Crippen LogP) is 2.87. The molecule has 0 fully saturated rings. The van der Waals surface area contributed by atoms with Gasteiger partial charge < -0.3 is 14.8 Å². The summed E-state index contributed by atoms with van der Waals surface area (Å²) in [5.74, 6) is 0.954. The van der Waals surface area contributed by atoms with E-state index in [1.165, 1.54) is 11.1 Å². The number of hydrogen-bond acceptors (Lipinski definition) is 3. The highest BCUT2D eigenvalue weighted by molar-refractivity contribution is 5.67. The van der Waals surface area contributed by atoms with E-state index in [2.05, 4.69) is 35.7 Å². The maximum Gasteiger partial charge on any atom is 0.119 e. The van der Waals surface area contributed by atoms with Crippen LogP contribution in [0, 0.1) is 0 Å². The van der Waals surface area contributed by atoms with Crippen LogP contribution in [-0.4, -0.2) is 33.4 Å². The maximum atomic E-state index is 5.71. The Labute approximate surface area is 115 Å². The molecule has 0 amide bonds. The fraction of sp³-hybridized carbons (Fsp3) is 0.500. The molecule has 2 rings (SSSR count). The lowest BCUT2D eigenvalue weighted by molar-refractivity contribution is 0.184. The first-order chi connectivity index (χ1) is 9.40. The molecule has 0 aliphatic carbocycles. The second-order valence-corrected chi connectivity index (χ2v) is 4.76. The van der Waals surface area contributed by atoms with Gasteiger partial charge in [-0.25, -0.2) is 0 Å². The SMILES string of the molecule is COCCCCOc1ccc(C2=CCNCC2)cc1. The normalized spacial score (nSPS) is 15.1. The van der Waals surface area contributed by atoms with Gasteiger partial charge in [-0.05, 0) is 49.1 Å². The van der Waals surface area contributed by atoms with Gasteiger partial charge >= 0.3 is 0 Å². The van der Waals surface area contributed by atoms with E-state index in [0.29, 0.717) is 0 Å². The molecule has 0 atom stereocenters. The van der Waals surface area contributed by atoms with Gasteiger partial charge in [-0.3, -0.25) is 0 Å². The first kappa shape index (κ1) is 14.1.